The van der Waals surface area contributed by atoms with E-state index in [9.17, 15) is 9.59 Å². The van der Waals surface area contributed by atoms with E-state index in [1.807, 2.05) is 32.0 Å². The van der Waals surface area contributed by atoms with Crippen molar-refractivity contribution in [2.24, 2.45) is 0 Å². The second-order valence-corrected chi connectivity index (χ2v) is 6.51. The SMILES string of the molecule is Cc1ccc(NC(=O)CC(=O)N2CCC3(CC2)OCCO3)cc1C. The van der Waals surface area contributed by atoms with Gasteiger partial charge in [-0.3, -0.25) is 9.59 Å². The van der Waals surface area contributed by atoms with E-state index in [1.165, 1.54) is 5.56 Å². The molecule has 0 aromatic heterocycles. The van der Waals surface area contributed by atoms with E-state index in [-0.39, 0.29) is 18.2 Å². The van der Waals surface area contributed by atoms with Crippen LogP contribution in [0.15, 0.2) is 18.2 Å². The van der Waals surface area contributed by atoms with Gasteiger partial charge in [-0.25, -0.2) is 0 Å². The molecule has 1 N–H and O–H groups in total. The van der Waals surface area contributed by atoms with Gasteiger partial charge >= 0.3 is 0 Å². The normalized spacial score (nSPS) is 19.5. The number of hydrogen-bond donors (Lipinski definition) is 1. The van der Waals surface area contributed by atoms with Crippen molar-refractivity contribution >= 4 is 17.5 Å². The van der Waals surface area contributed by atoms with E-state index in [0.717, 1.165) is 11.3 Å². The molecule has 0 aliphatic carbocycles. The molecule has 2 aliphatic heterocycles. The number of rotatable bonds is 3. The van der Waals surface area contributed by atoms with Gasteiger partial charge in [0.25, 0.3) is 0 Å². The van der Waals surface area contributed by atoms with E-state index in [1.54, 1.807) is 4.90 Å². The molecule has 0 saturated carbocycles. The molecule has 130 valence electrons. The fourth-order valence-electron chi connectivity index (χ4n) is 3.16. The van der Waals surface area contributed by atoms with Crippen molar-refractivity contribution in [2.45, 2.75) is 38.9 Å². The van der Waals surface area contributed by atoms with Crippen molar-refractivity contribution in [3.05, 3.63) is 29.3 Å². The molecule has 3 rings (SSSR count). The Kier molecular flexibility index (Phi) is 4.87. The summed E-state index contributed by atoms with van der Waals surface area (Å²) in [7, 11) is 0. The average molecular weight is 332 g/mol. The number of ether oxygens (including phenoxy) is 2. The molecule has 2 amide bonds. The third kappa shape index (κ3) is 3.76. The number of anilines is 1. The van der Waals surface area contributed by atoms with E-state index < -0.39 is 5.79 Å². The first-order chi connectivity index (χ1) is 11.5. The molecule has 0 atom stereocenters. The Morgan fingerprint density at radius 1 is 1.12 bits per heavy atom. The van der Waals surface area contributed by atoms with E-state index in [2.05, 4.69) is 5.32 Å². The van der Waals surface area contributed by atoms with Gasteiger partial charge in [-0.15, -0.1) is 0 Å². The zero-order valence-electron chi connectivity index (χ0n) is 14.3. The Labute approximate surface area is 142 Å². The molecule has 1 aromatic rings. The average Bonchev–Trinajstić information content (AvgIpc) is 2.99. The van der Waals surface area contributed by atoms with Crippen molar-refractivity contribution in [1.82, 2.24) is 4.90 Å². The molecule has 24 heavy (non-hydrogen) atoms. The van der Waals surface area contributed by atoms with Crippen LogP contribution in [0, 0.1) is 13.8 Å². The summed E-state index contributed by atoms with van der Waals surface area (Å²) >= 11 is 0. The molecule has 6 nitrogen and oxygen atoms in total. The maximum Gasteiger partial charge on any atom is 0.233 e. The summed E-state index contributed by atoms with van der Waals surface area (Å²) in [6.45, 7) is 6.38. The second kappa shape index (κ2) is 6.91. The molecule has 2 heterocycles. The third-order valence-electron chi connectivity index (χ3n) is 4.79. The number of amides is 2. The summed E-state index contributed by atoms with van der Waals surface area (Å²) in [4.78, 5) is 26.1. The van der Waals surface area contributed by atoms with Crippen LogP contribution in [-0.2, 0) is 19.1 Å². The zero-order chi connectivity index (χ0) is 17.2. The number of aryl methyl sites for hydroxylation is 2. The predicted octanol–water partition coefficient (Wildman–Crippen LogP) is 2.00. The van der Waals surface area contributed by atoms with Crippen LogP contribution >= 0.6 is 0 Å². The molecule has 0 radical (unpaired) electrons. The zero-order valence-corrected chi connectivity index (χ0v) is 14.3. The standard InChI is InChI=1S/C18H24N2O4/c1-13-3-4-15(11-14(13)2)19-16(21)12-17(22)20-7-5-18(6-8-20)23-9-10-24-18/h3-4,11H,5-10,12H2,1-2H3,(H,19,21). The second-order valence-electron chi connectivity index (χ2n) is 6.51. The van der Waals surface area contributed by atoms with Crippen LogP contribution < -0.4 is 5.32 Å². The van der Waals surface area contributed by atoms with Gasteiger partial charge in [-0.2, -0.15) is 0 Å². The van der Waals surface area contributed by atoms with Crippen LogP contribution in [0.1, 0.15) is 30.4 Å². The van der Waals surface area contributed by atoms with Gasteiger partial charge in [0, 0.05) is 31.6 Å². The first-order valence-electron chi connectivity index (χ1n) is 8.40. The van der Waals surface area contributed by atoms with Gasteiger partial charge in [-0.1, -0.05) is 6.07 Å². The smallest absolute Gasteiger partial charge is 0.233 e. The van der Waals surface area contributed by atoms with Crippen molar-refractivity contribution in [2.75, 3.05) is 31.6 Å². The molecule has 6 heteroatoms. The maximum absolute atomic E-state index is 12.3. The number of nitrogens with one attached hydrogen (secondary N) is 1. The minimum Gasteiger partial charge on any atom is -0.347 e. The fraction of sp³-hybridized carbons (Fsp3) is 0.556. The van der Waals surface area contributed by atoms with Crippen molar-refractivity contribution in [3.63, 3.8) is 0 Å². The van der Waals surface area contributed by atoms with Crippen molar-refractivity contribution < 1.29 is 19.1 Å². The van der Waals surface area contributed by atoms with Crippen molar-refractivity contribution in [1.29, 1.82) is 0 Å². The van der Waals surface area contributed by atoms with Crippen LogP contribution in [0.3, 0.4) is 0 Å². The number of likely N-dealkylation sites (tertiary alicyclic amines) is 1. The van der Waals surface area contributed by atoms with Crippen LogP contribution in [-0.4, -0.2) is 48.8 Å². The summed E-state index contributed by atoms with van der Waals surface area (Å²) in [5.41, 5.74) is 3.00. The number of nitrogens with zero attached hydrogens (tertiary/aromatic N) is 1. The summed E-state index contributed by atoms with van der Waals surface area (Å²) in [5, 5.41) is 2.79. The van der Waals surface area contributed by atoms with Gasteiger partial charge in [0.1, 0.15) is 6.42 Å². The van der Waals surface area contributed by atoms with E-state index >= 15 is 0 Å². The molecule has 2 fully saturated rings. The topological polar surface area (TPSA) is 67.9 Å². The molecule has 2 aliphatic rings. The molecule has 1 spiro atoms. The first-order valence-corrected chi connectivity index (χ1v) is 8.40. The van der Waals surface area contributed by atoms with Gasteiger partial charge in [0.2, 0.25) is 11.8 Å². The molecule has 2 saturated heterocycles. The third-order valence-corrected chi connectivity index (χ3v) is 4.79. The Hall–Kier alpha value is -1.92. The highest BCUT2D eigenvalue weighted by Gasteiger charge is 2.40. The minimum atomic E-state index is -0.502. The molecule has 0 bridgehead atoms. The molecular weight excluding hydrogens is 308 g/mol. The predicted molar refractivity (Wildman–Crippen MR) is 89.6 cm³/mol. The lowest BCUT2D eigenvalue weighted by molar-refractivity contribution is -0.187. The number of benzene rings is 1. The fourth-order valence-corrected chi connectivity index (χ4v) is 3.16. The van der Waals surface area contributed by atoms with Gasteiger partial charge < -0.3 is 19.7 Å². The van der Waals surface area contributed by atoms with Gasteiger partial charge in [0.15, 0.2) is 5.79 Å². The Bertz CT molecular complexity index is 628. The largest absolute Gasteiger partial charge is 0.347 e. The Balaban J connectivity index is 1.49. The highest BCUT2D eigenvalue weighted by atomic mass is 16.7. The van der Waals surface area contributed by atoms with Crippen LogP contribution in [0.4, 0.5) is 5.69 Å². The number of piperidine rings is 1. The van der Waals surface area contributed by atoms with Crippen LogP contribution in [0.25, 0.3) is 0 Å². The first kappa shape index (κ1) is 16.9. The molecule has 1 aromatic carbocycles. The van der Waals surface area contributed by atoms with Crippen LogP contribution in [0.5, 0.6) is 0 Å². The number of hydrogen-bond acceptors (Lipinski definition) is 4. The quantitative estimate of drug-likeness (QED) is 0.860. The van der Waals surface area contributed by atoms with Gasteiger partial charge in [0.05, 0.1) is 13.2 Å². The van der Waals surface area contributed by atoms with E-state index in [4.69, 9.17) is 9.47 Å². The minimum absolute atomic E-state index is 0.137. The highest BCUT2D eigenvalue weighted by Crippen LogP contribution is 2.31. The molecule has 0 unspecified atom stereocenters. The Morgan fingerprint density at radius 2 is 1.79 bits per heavy atom. The lowest BCUT2D eigenvalue weighted by atomic mass is 10.0. The number of carbonyl (C=O) groups excluding carboxylic acids is 2. The highest BCUT2D eigenvalue weighted by molar-refractivity contribution is 6.03. The van der Waals surface area contributed by atoms with Gasteiger partial charge in [-0.05, 0) is 37.1 Å². The molecular formula is C18H24N2O4. The van der Waals surface area contributed by atoms with Crippen molar-refractivity contribution in [3.8, 4) is 0 Å². The summed E-state index contributed by atoms with van der Waals surface area (Å²) in [6, 6.07) is 5.72. The Morgan fingerprint density at radius 3 is 2.42 bits per heavy atom. The lowest BCUT2D eigenvalue weighted by Crippen LogP contribution is -2.47. The lowest BCUT2D eigenvalue weighted by Gasteiger charge is -2.37. The van der Waals surface area contributed by atoms with E-state index in [0.29, 0.717) is 39.1 Å². The maximum atomic E-state index is 12.3. The monoisotopic (exact) mass is 332 g/mol. The summed E-state index contributed by atoms with van der Waals surface area (Å²) in [5.74, 6) is -0.931. The number of carbonyl (C=O) groups is 2. The summed E-state index contributed by atoms with van der Waals surface area (Å²) in [6.07, 6.45) is 1.19. The van der Waals surface area contributed by atoms with Crippen LogP contribution in [0.2, 0.25) is 0 Å². The summed E-state index contributed by atoms with van der Waals surface area (Å²) < 4.78 is 11.3.